The molecule has 0 aromatic heterocycles. The Balaban J connectivity index is 2.56. The molecular weight excluding hydrogens is 271 g/mol. The zero-order chi connectivity index (χ0) is 13.5. The number of benzene rings is 1. The van der Waals surface area contributed by atoms with Crippen LogP contribution in [0.4, 0.5) is 0 Å². The van der Waals surface area contributed by atoms with E-state index < -0.39 is 0 Å². The number of ether oxygens (including phenoxy) is 1. The smallest absolute Gasteiger partial charge is 0.0543 e. The molecule has 1 rings (SSSR count). The predicted octanol–water partition coefficient (Wildman–Crippen LogP) is 3.18. The van der Waals surface area contributed by atoms with Crippen molar-refractivity contribution in [1.82, 2.24) is 5.43 Å². The van der Waals surface area contributed by atoms with Crippen molar-refractivity contribution in [3.05, 3.63) is 33.8 Å². The fourth-order valence-electron chi connectivity index (χ4n) is 1.75. The summed E-state index contributed by atoms with van der Waals surface area (Å²) in [7, 11) is 1.71. The van der Waals surface area contributed by atoms with Crippen molar-refractivity contribution in [3.63, 3.8) is 0 Å². The van der Waals surface area contributed by atoms with Crippen molar-refractivity contribution in [2.24, 2.45) is 5.84 Å². The summed E-state index contributed by atoms with van der Waals surface area (Å²) in [6.07, 6.45) is 2.91. The first-order valence-electron chi connectivity index (χ1n) is 5.99. The van der Waals surface area contributed by atoms with Crippen LogP contribution in [-0.4, -0.2) is 19.3 Å². The Hall–Kier alpha value is -0.320. The Morgan fingerprint density at radius 3 is 2.61 bits per heavy atom. The van der Waals surface area contributed by atoms with E-state index in [0.717, 1.165) is 24.8 Å². The highest BCUT2D eigenvalue weighted by Gasteiger charge is 2.12. The molecule has 0 radical (unpaired) electrons. The van der Waals surface area contributed by atoms with Crippen LogP contribution in [0.15, 0.2) is 18.2 Å². The highest BCUT2D eigenvalue weighted by Crippen LogP contribution is 2.22. The molecular formula is C13H20Cl2N2O. The molecule has 1 aromatic carbocycles. The topological polar surface area (TPSA) is 47.3 Å². The molecule has 3 nitrogen and oxygen atoms in total. The summed E-state index contributed by atoms with van der Waals surface area (Å²) in [6.45, 7) is 2.04. The van der Waals surface area contributed by atoms with Crippen LogP contribution in [0.25, 0.3) is 0 Å². The van der Waals surface area contributed by atoms with Crippen molar-refractivity contribution >= 4 is 23.2 Å². The van der Waals surface area contributed by atoms with E-state index in [9.17, 15) is 0 Å². The normalized spacial score (nSPS) is 14.5. The van der Waals surface area contributed by atoms with Gasteiger partial charge in [0, 0.05) is 23.2 Å². The summed E-state index contributed by atoms with van der Waals surface area (Å²) in [6, 6.07) is 5.72. The van der Waals surface area contributed by atoms with Crippen molar-refractivity contribution in [1.29, 1.82) is 0 Å². The molecule has 3 N–H and O–H groups in total. The molecule has 0 saturated carbocycles. The van der Waals surface area contributed by atoms with Gasteiger partial charge < -0.3 is 4.74 Å². The Morgan fingerprint density at radius 2 is 2.06 bits per heavy atom. The molecule has 0 aliphatic rings. The number of nitrogens with one attached hydrogen (secondary N) is 1. The Labute approximate surface area is 119 Å². The molecule has 0 fully saturated rings. The van der Waals surface area contributed by atoms with Gasteiger partial charge in [0.25, 0.3) is 0 Å². The Morgan fingerprint density at radius 1 is 1.33 bits per heavy atom. The molecule has 0 aliphatic heterocycles. The van der Waals surface area contributed by atoms with Crippen LogP contribution in [0.2, 0.25) is 10.0 Å². The van der Waals surface area contributed by atoms with E-state index in [1.54, 1.807) is 13.2 Å². The van der Waals surface area contributed by atoms with Gasteiger partial charge in [-0.3, -0.25) is 11.3 Å². The first-order valence-corrected chi connectivity index (χ1v) is 6.75. The minimum atomic E-state index is 0.182. The number of nitrogens with two attached hydrogens (primary N) is 1. The van der Waals surface area contributed by atoms with Gasteiger partial charge in [-0.15, -0.1) is 0 Å². The molecule has 0 spiro atoms. The lowest BCUT2D eigenvalue weighted by Crippen LogP contribution is -2.37. The molecule has 2 atom stereocenters. The maximum absolute atomic E-state index is 6.14. The summed E-state index contributed by atoms with van der Waals surface area (Å²) in [5.74, 6) is 5.57. The SMILES string of the molecule is COC(C)CCC(Cc1ccc(Cl)cc1Cl)NN. The minimum Gasteiger partial charge on any atom is -0.382 e. The molecule has 5 heteroatoms. The summed E-state index contributed by atoms with van der Waals surface area (Å²) in [5.41, 5.74) is 3.87. The average molecular weight is 291 g/mol. The van der Waals surface area contributed by atoms with Crippen molar-refractivity contribution in [2.75, 3.05) is 7.11 Å². The zero-order valence-electron chi connectivity index (χ0n) is 10.7. The summed E-state index contributed by atoms with van der Waals surface area (Å²) >= 11 is 12.0. The van der Waals surface area contributed by atoms with Gasteiger partial charge in [0.2, 0.25) is 0 Å². The second-order valence-electron chi connectivity index (χ2n) is 4.43. The van der Waals surface area contributed by atoms with Gasteiger partial charge >= 0.3 is 0 Å². The van der Waals surface area contributed by atoms with Crippen molar-refractivity contribution in [2.45, 2.75) is 38.3 Å². The fourth-order valence-corrected chi connectivity index (χ4v) is 2.24. The van der Waals surface area contributed by atoms with Crippen LogP contribution in [0.5, 0.6) is 0 Å². The van der Waals surface area contributed by atoms with Gasteiger partial charge in [-0.05, 0) is 43.9 Å². The van der Waals surface area contributed by atoms with Crippen molar-refractivity contribution in [3.8, 4) is 0 Å². The number of rotatable bonds is 7. The number of hydrazine groups is 1. The molecule has 1 aromatic rings. The predicted molar refractivity (Wildman–Crippen MR) is 77.0 cm³/mol. The van der Waals surface area contributed by atoms with E-state index in [1.165, 1.54) is 0 Å². The minimum absolute atomic E-state index is 0.182. The van der Waals surface area contributed by atoms with E-state index in [-0.39, 0.29) is 12.1 Å². The third-order valence-corrected chi connectivity index (χ3v) is 3.63. The van der Waals surface area contributed by atoms with E-state index >= 15 is 0 Å². The second kappa shape index (κ2) is 7.97. The third-order valence-electron chi connectivity index (χ3n) is 3.04. The van der Waals surface area contributed by atoms with Crippen LogP contribution in [-0.2, 0) is 11.2 Å². The summed E-state index contributed by atoms with van der Waals surface area (Å²) in [4.78, 5) is 0. The van der Waals surface area contributed by atoms with Crippen LogP contribution < -0.4 is 11.3 Å². The first kappa shape index (κ1) is 15.7. The van der Waals surface area contributed by atoms with Gasteiger partial charge in [-0.2, -0.15) is 0 Å². The monoisotopic (exact) mass is 290 g/mol. The molecule has 0 saturated heterocycles. The number of hydrogen-bond acceptors (Lipinski definition) is 3. The highest BCUT2D eigenvalue weighted by molar-refractivity contribution is 6.35. The van der Waals surface area contributed by atoms with Crippen LogP contribution in [0.3, 0.4) is 0 Å². The summed E-state index contributed by atoms with van der Waals surface area (Å²) in [5, 5.41) is 1.33. The fraction of sp³-hybridized carbons (Fsp3) is 0.538. The maximum Gasteiger partial charge on any atom is 0.0543 e. The molecule has 0 aliphatic carbocycles. The van der Waals surface area contributed by atoms with E-state index in [0.29, 0.717) is 10.0 Å². The van der Waals surface area contributed by atoms with E-state index in [4.69, 9.17) is 33.8 Å². The highest BCUT2D eigenvalue weighted by atomic mass is 35.5. The quantitative estimate of drug-likeness (QED) is 0.599. The lowest BCUT2D eigenvalue weighted by Gasteiger charge is -2.18. The average Bonchev–Trinajstić information content (AvgIpc) is 2.36. The molecule has 18 heavy (non-hydrogen) atoms. The first-order chi connectivity index (χ1) is 8.56. The third kappa shape index (κ3) is 5.12. The van der Waals surface area contributed by atoms with Gasteiger partial charge in [0.1, 0.15) is 0 Å². The van der Waals surface area contributed by atoms with Crippen LogP contribution in [0, 0.1) is 0 Å². The number of halogens is 2. The molecule has 0 bridgehead atoms. The lowest BCUT2D eigenvalue weighted by molar-refractivity contribution is 0.106. The van der Waals surface area contributed by atoms with Gasteiger partial charge in [0.05, 0.1) is 6.10 Å². The molecule has 0 heterocycles. The zero-order valence-corrected chi connectivity index (χ0v) is 12.3. The van der Waals surface area contributed by atoms with E-state index in [1.807, 2.05) is 19.1 Å². The second-order valence-corrected chi connectivity index (χ2v) is 5.27. The number of hydrogen-bond donors (Lipinski definition) is 2. The van der Waals surface area contributed by atoms with E-state index in [2.05, 4.69) is 5.43 Å². The summed E-state index contributed by atoms with van der Waals surface area (Å²) < 4.78 is 5.22. The largest absolute Gasteiger partial charge is 0.382 e. The van der Waals surface area contributed by atoms with Crippen molar-refractivity contribution < 1.29 is 4.74 Å². The van der Waals surface area contributed by atoms with Gasteiger partial charge in [-0.1, -0.05) is 29.3 Å². The number of methoxy groups -OCH3 is 1. The Bertz CT molecular complexity index is 374. The van der Waals surface area contributed by atoms with Crippen LogP contribution >= 0.6 is 23.2 Å². The standard InChI is InChI=1S/C13H20Cl2N2O/c1-9(18-2)3-6-12(17-16)7-10-4-5-11(14)8-13(10)15/h4-5,8-9,12,17H,3,6-7,16H2,1-2H3. The maximum atomic E-state index is 6.14. The molecule has 102 valence electrons. The Kier molecular flexibility index (Phi) is 6.97. The van der Waals surface area contributed by atoms with Gasteiger partial charge in [0.15, 0.2) is 0 Å². The molecule has 0 amide bonds. The lowest BCUT2D eigenvalue weighted by atomic mass is 10.0. The van der Waals surface area contributed by atoms with Gasteiger partial charge in [-0.25, -0.2) is 0 Å². The van der Waals surface area contributed by atoms with Crippen LogP contribution in [0.1, 0.15) is 25.3 Å². The molecule has 2 unspecified atom stereocenters.